The minimum Gasteiger partial charge on any atom is -0.409 e. The molecule has 0 aromatic heterocycles. The summed E-state index contributed by atoms with van der Waals surface area (Å²) >= 11 is 0. The van der Waals surface area contributed by atoms with E-state index in [0.29, 0.717) is 25.3 Å². The Morgan fingerprint density at radius 3 is 2.11 bits per heavy atom. The van der Waals surface area contributed by atoms with Crippen LogP contribution in [0.3, 0.4) is 0 Å². The predicted octanol–water partition coefficient (Wildman–Crippen LogP) is 2.09. The van der Waals surface area contributed by atoms with Crippen molar-refractivity contribution in [2.24, 2.45) is 22.2 Å². The summed E-state index contributed by atoms with van der Waals surface area (Å²) < 4.78 is 0. The third-order valence-corrected chi connectivity index (χ3v) is 3.95. The lowest BCUT2D eigenvalue weighted by molar-refractivity contribution is -0.128. The molecule has 0 bridgehead atoms. The molecule has 1 amide bonds. The molecule has 0 aromatic rings. The minimum atomic E-state index is -0.888. The number of amides is 1. The van der Waals surface area contributed by atoms with Crippen molar-refractivity contribution < 1.29 is 10.0 Å². The summed E-state index contributed by atoms with van der Waals surface area (Å²) in [4.78, 5) is 12.3. The number of rotatable bonds is 8. The predicted molar refractivity (Wildman–Crippen MR) is 73.5 cm³/mol. The molecule has 0 aliphatic carbocycles. The second-order valence-corrected chi connectivity index (χ2v) is 4.67. The fourth-order valence-electron chi connectivity index (χ4n) is 2.13. The zero-order chi connectivity index (χ0) is 14.2. The highest BCUT2D eigenvalue weighted by Gasteiger charge is 2.39. The van der Waals surface area contributed by atoms with Crippen LogP contribution in [-0.4, -0.2) is 23.5 Å². The maximum atomic E-state index is 12.3. The van der Waals surface area contributed by atoms with Crippen molar-refractivity contribution in [3.63, 3.8) is 0 Å². The maximum absolute atomic E-state index is 12.3. The maximum Gasteiger partial charge on any atom is 0.233 e. The molecule has 0 unspecified atom stereocenters. The van der Waals surface area contributed by atoms with Crippen LogP contribution in [0.1, 0.15) is 53.4 Å². The molecule has 106 valence electrons. The Hall–Kier alpha value is -1.26. The van der Waals surface area contributed by atoms with Crippen LogP contribution in [0.5, 0.6) is 0 Å². The van der Waals surface area contributed by atoms with Gasteiger partial charge in [-0.3, -0.25) is 4.79 Å². The molecule has 0 saturated heterocycles. The minimum absolute atomic E-state index is 0.00505. The van der Waals surface area contributed by atoms with E-state index in [1.54, 1.807) is 0 Å². The Bertz CT molecular complexity index is 282. The highest BCUT2D eigenvalue weighted by atomic mass is 16.4. The fourth-order valence-corrected chi connectivity index (χ4v) is 2.13. The van der Waals surface area contributed by atoms with Crippen molar-refractivity contribution in [1.82, 2.24) is 5.32 Å². The topological polar surface area (TPSA) is 87.7 Å². The Kier molecular flexibility index (Phi) is 7.39. The van der Waals surface area contributed by atoms with Crippen molar-refractivity contribution in [2.45, 2.75) is 53.4 Å². The number of hydrogen-bond acceptors (Lipinski definition) is 3. The smallest absolute Gasteiger partial charge is 0.233 e. The summed E-state index contributed by atoms with van der Waals surface area (Å²) in [7, 11) is 0. The monoisotopic (exact) mass is 257 g/mol. The molecule has 0 spiro atoms. The third-order valence-electron chi connectivity index (χ3n) is 3.95. The quantitative estimate of drug-likeness (QED) is 0.269. The van der Waals surface area contributed by atoms with E-state index >= 15 is 0 Å². The van der Waals surface area contributed by atoms with Gasteiger partial charge in [-0.15, -0.1) is 0 Å². The van der Waals surface area contributed by atoms with Gasteiger partial charge in [-0.25, -0.2) is 0 Å². The number of nitrogens with one attached hydrogen (secondary N) is 1. The molecular formula is C13H27N3O2. The number of oxime groups is 1. The van der Waals surface area contributed by atoms with Crippen LogP contribution in [0.2, 0.25) is 0 Å². The number of amidine groups is 1. The largest absolute Gasteiger partial charge is 0.409 e. The van der Waals surface area contributed by atoms with Crippen molar-refractivity contribution >= 4 is 11.7 Å². The van der Waals surface area contributed by atoms with Crippen LogP contribution in [-0.2, 0) is 4.79 Å². The summed E-state index contributed by atoms with van der Waals surface area (Å²) in [6.45, 7) is 8.61. The molecule has 5 nitrogen and oxygen atoms in total. The Labute approximate surface area is 110 Å². The van der Waals surface area contributed by atoms with Gasteiger partial charge in [0.05, 0.1) is 0 Å². The van der Waals surface area contributed by atoms with E-state index in [-0.39, 0.29) is 11.7 Å². The van der Waals surface area contributed by atoms with Crippen molar-refractivity contribution in [3.05, 3.63) is 0 Å². The van der Waals surface area contributed by atoms with Crippen LogP contribution in [0.15, 0.2) is 5.16 Å². The summed E-state index contributed by atoms with van der Waals surface area (Å²) in [5.41, 5.74) is 4.80. The first-order chi connectivity index (χ1) is 8.52. The number of hydrogen-bond donors (Lipinski definition) is 3. The van der Waals surface area contributed by atoms with Crippen LogP contribution in [0, 0.1) is 11.3 Å². The first-order valence-corrected chi connectivity index (χ1v) is 6.78. The number of nitrogens with two attached hydrogens (primary N) is 1. The second kappa shape index (κ2) is 7.95. The van der Waals surface area contributed by atoms with Crippen LogP contribution in [0.25, 0.3) is 0 Å². The third kappa shape index (κ3) is 3.62. The molecule has 0 radical (unpaired) electrons. The van der Waals surface area contributed by atoms with Crippen LogP contribution in [0.4, 0.5) is 0 Å². The number of carbonyl (C=O) groups is 1. The molecule has 0 heterocycles. The van der Waals surface area contributed by atoms with E-state index in [4.69, 9.17) is 10.9 Å². The molecule has 0 fully saturated rings. The Balaban J connectivity index is 4.79. The first-order valence-electron chi connectivity index (χ1n) is 6.78. The summed E-state index contributed by atoms with van der Waals surface area (Å²) in [6, 6.07) is 0. The molecule has 0 atom stereocenters. The van der Waals surface area contributed by atoms with Gasteiger partial charge < -0.3 is 16.3 Å². The lowest BCUT2D eigenvalue weighted by Gasteiger charge is -2.29. The summed E-state index contributed by atoms with van der Waals surface area (Å²) in [6.07, 6.45) is 3.11. The summed E-state index contributed by atoms with van der Waals surface area (Å²) in [5.74, 6) is 0.330. The van der Waals surface area contributed by atoms with E-state index in [2.05, 4.69) is 24.3 Å². The highest BCUT2D eigenvalue weighted by Crippen LogP contribution is 2.27. The van der Waals surface area contributed by atoms with Gasteiger partial charge in [-0.1, -0.05) is 45.7 Å². The van der Waals surface area contributed by atoms with Crippen LogP contribution >= 0.6 is 0 Å². The normalized spacial score (nSPS) is 12.8. The molecule has 0 rings (SSSR count). The first kappa shape index (κ1) is 16.7. The lowest BCUT2D eigenvalue weighted by Crippen LogP contribution is -2.50. The average molecular weight is 257 g/mol. The van der Waals surface area contributed by atoms with Gasteiger partial charge in [0.15, 0.2) is 5.84 Å². The molecular weight excluding hydrogens is 230 g/mol. The van der Waals surface area contributed by atoms with Gasteiger partial charge in [0.1, 0.15) is 5.41 Å². The second-order valence-electron chi connectivity index (χ2n) is 4.67. The van der Waals surface area contributed by atoms with E-state index in [9.17, 15) is 4.79 Å². The van der Waals surface area contributed by atoms with E-state index in [1.807, 2.05) is 13.8 Å². The van der Waals surface area contributed by atoms with Gasteiger partial charge in [-0.2, -0.15) is 0 Å². The van der Waals surface area contributed by atoms with Gasteiger partial charge in [-0.05, 0) is 18.8 Å². The van der Waals surface area contributed by atoms with Crippen molar-refractivity contribution in [3.8, 4) is 0 Å². The zero-order valence-electron chi connectivity index (χ0n) is 12.0. The van der Waals surface area contributed by atoms with E-state index in [1.165, 1.54) is 0 Å². The van der Waals surface area contributed by atoms with Crippen molar-refractivity contribution in [1.29, 1.82) is 0 Å². The van der Waals surface area contributed by atoms with Gasteiger partial charge in [0.25, 0.3) is 0 Å². The fraction of sp³-hybridized carbons (Fsp3) is 0.846. The number of carbonyl (C=O) groups excluding carboxylic acids is 1. The van der Waals surface area contributed by atoms with Gasteiger partial charge >= 0.3 is 0 Å². The number of nitrogens with zero attached hydrogens (tertiary/aromatic N) is 1. The van der Waals surface area contributed by atoms with Crippen LogP contribution < -0.4 is 11.1 Å². The standard InChI is InChI=1S/C13H27N3O2/c1-5-10(6-2)9-15-12(17)13(7-3,8-4)11(14)16-18/h10,18H,5-9H2,1-4H3,(H2,14,16)(H,15,17). The average Bonchev–Trinajstić information content (AvgIpc) is 2.41. The van der Waals surface area contributed by atoms with Gasteiger partial charge in [0, 0.05) is 6.54 Å². The van der Waals surface area contributed by atoms with E-state index < -0.39 is 5.41 Å². The highest BCUT2D eigenvalue weighted by molar-refractivity contribution is 6.06. The Morgan fingerprint density at radius 1 is 1.28 bits per heavy atom. The molecule has 0 aromatic carbocycles. The molecule has 0 saturated carbocycles. The summed E-state index contributed by atoms with van der Waals surface area (Å²) in [5, 5.41) is 14.8. The molecule has 0 aliphatic rings. The van der Waals surface area contributed by atoms with Crippen molar-refractivity contribution in [2.75, 3.05) is 6.54 Å². The molecule has 4 N–H and O–H groups in total. The lowest BCUT2D eigenvalue weighted by atomic mass is 9.80. The van der Waals surface area contributed by atoms with Gasteiger partial charge in [0.2, 0.25) is 5.91 Å². The van der Waals surface area contributed by atoms with E-state index in [0.717, 1.165) is 12.8 Å². The zero-order valence-corrected chi connectivity index (χ0v) is 12.0. The molecule has 18 heavy (non-hydrogen) atoms. The Morgan fingerprint density at radius 2 is 1.78 bits per heavy atom. The molecule has 0 aliphatic heterocycles. The SMILES string of the molecule is CCC(CC)CNC(=O)C(CC)(CC)C(N)=NO. The molecule has 5 heteroatoms.